The minimum absolute atomic E-state index is 0.329. The van der Waals surface area contributed by atoms with E-state index in [-0.39, 0.29) is 0 Å². The first-order valence-corrected chi connectivity index (χ1v) is 7.78. The molecule has 0 saturated carbocycles. The van der Waals surface area contributed by atoms with Crippen molar-refractivity contribution in [3.05, 3.63) is 59.7 Å². The van der Waals surface area contributed by atoms with Gasteiger partial charge in [-0.25, -0.2) is 0 Å². The first kappa shape index (κ1) is 18.7. The van der Waals surface area contributed by atoms with Crippen LogP contribution in [-0.4, -0.2) is 27.4 Å². The molecule has 6 heteroatoms. The van der Waals surface area contributed by atoms with Crippen molar-refractivity contribution in [3.8, 4) is 35.1 Å². The molecule has 132 valence electrons. The molecule has 6 nitrogen and oxygen atoms in total. The largest absolute Gasteiger partial charge is 0.493 e. The number of ether oxygens (including phenoxy) is 4. The first-order chi connectivity index (χ1) is 12.7. The summed E-state index contributed by atoms with van der Waals surface area (Å²) in [5.74, 6) is 2.14. The Bertz CT molecular complexity index is 792. The van der Waals surface area contributed by atoms with Crippen molar-refractivity contribution in [2.45, 2.75) is 0 Å². The Kier molecular flexibility index (Phi) is 6.91. The monoisotopic (exact) mass is 350 g/mol. The summed E-state index contributed by atoms with van der Waals surface area (Å²) in [7, 11) is 3.05. The van der Waals surface area contributed by atoms with Gasteiger partial charge in [-0.3, -0.25) is 0 Å². The van der Waals surface area contributed by atoms with E-state index in [1.807, 2.05) is 12.2 Å². The normalized spacial score (nSPS) is 10.0. The van der Waals surface area contributed by atoms with Crippen molar-refractivity contribution >= 4 is 0 Å². The molecule has 0 aromatic heterocycles. The number of hydrogen-bond donors (Lipinski definition) is 0. The minimum Gasteiger partial charge on any atom is -0.493 e. The Morgan fingerprint density at radius 1 is 0.731 bits per heavy atom. The van der Waals surface area contributed by atoms with Gasteiger partial charge in [0.05, 0.1) is 37.5 Å². The molecule has 2 rings (SSSR count). The molecule has 0 aliphatic rings. The molecule has 0 N–H and O–H groups in total. The lowest BCUT2D eigenvalue weighted by atomic mass is 10.2. The van der Waals surface area contributed by atoms with E-state index < -0.39 is 0 Å². The summed E-state index contributed by atoms with van der Waals surface area (Å²) in [4.78, 5) is 0. The van der Waals surface area contributed by atoms with Gasteiger partial charge in [0.25, 0.3) is 0 Å². The third-order valence-electron chi connectivity index (χ3n) is 3.42. The second-order valence-electron chi connectivity index (χ2n) is 5.05. The maximum absolute atomic E-state index is 8.89. The summed E-state index contributed by atoms with van der Waals surface area (Å²) >= 11 is 0. The van der Waals surface area contributed by atoms with Crippen molar-refractivity contribution in [2.75, 3.05) is 27.4 Å². The molecule has 2 aromatic carbocycles. The fourth-order valence-electron chi connectivity index (χ4n) is 2.12. The van der Waals surface area contributed by atoms with Gasteiger partial charge in [0.15, 0.2) is 23.0 Å². The molecule has 0 bridgehead atoms. The molecule has 26 heavy (non-hydrogen) atoms. The molecule has 0 spiro atoms. The number of methoxy groups -OCH3 is 2. The molecule has 0 aliphatic carbocycles. The van der Waals surface area contributed by atoms with Gasteiger partial charge < -0.3 is 18.9 Å². The van der Waals surface area contributed by atoms with Crippen LogP contribution in [0.15, 0.2) is 48.6 Å². The van der Waals surface area contributed by atoms with Gasteiger partial charge in [0.1, 0.15) is 13.2 Å². The SMILES string of the molecule is COc1cc(C#N)ccc1OC/C=C\COc1ccc(C#N)cc1OC. The lowest BCUT2D eigenvalue weighted by Crippen LogP contribution is -1.99. The Balaban J connectivity index is 1.86. The molecule has 0 heterocycles. The predicted octanol–water partition coefficient (Wildman–Crippen LogP) is 3.46. The average molecular weight is 350 g/mol. The smallest absolute Gasteiger partial charge is 0.162 e. The number of rotatable bonds is 8. The maximum atomic E-state index is 8.89. The molecule has 0 saturated heterocycles. The number of nitriles is 2. The highest BCUT2D eigenvalue weighted by Crippen LogP contribution is 2.28. The molecule has 0 amide bonds. The van der Waals surface area contributed by atoms with Crippen molar-refractivity contribution in [2.24, 2.45) is 0 Å². The maximum Gasteiger partial charge on any atom is 0.162 e. The Morgan fingerprint density at radius 2 is 1.15 bits per heavy atom. The van der Waals surface area contributed by atoms with Crippen LogP contribution < -0.4 is 18.9 Å². The number of nitrogens with zero attached hydrogens (tertiary/aromatic N) is 2. The number of benzene rings is 2. The van der Waals surface area contributed by atoms with Crippen LogP contribution in [0.25, 0.3) is 0 Å². The quantitative estimate of drug-likeness (QED) is 0.678. The summed E-state index contributed by atoms with van der Waals surface area (Å²) in [6, 6.07) is 14.1. The summed E-state index contributed by atoms with van der Waals surface area (Å²) in [6.07, 6.45) is 3.63. The summed E-state index contributed by atoms with van der Waals surface area (Å²) < 4.78 is 21.6. The fourth-order valence-corrected chi connectivity index (χ4v) is 2.12. The Hall–Kier alpha value is -3.64. The van der Waals surface area contributed by atoms with Crippen LogP contribution in [0.4, 0.5) is 0 Å². The standard InChI is InChI=1S/C20H18N2O4/c1-23-19-11-15(13-21)5-7-17(19)25-9-3-4-10-26-18-8-6-16(14-22)12-20(18)24-2/h3-8,11-12H,9-10H2,1-2H3/b4-3-. The zero-order valence-electron chi connectivity index (χ0n) is 14.6. The van der Waals surface area contributed by atoms with Gasteiger partial charge in [-0.05, 0) is 36.4 Å². The third-order valence-corrected chi connectivity index (χ3v) is 3.42. The summed E-state index contributed by atoms with van der Waals surface area (Å²) in [5, 5.41) is 17.8. The molecule has 0 fully saturated rings. The van der Waals surface area contributed by atoms with E-state index in [2.05, 4.69) is 12.1 Å². The van der Waals surface area contributed by atoms with Crippen LogP contribution in [0.5, 0.6) is 23.0 Å². The van der Waals surface area contributed by atoms with E-state index in [1.165, 1.54) is 14.2 Å². The first-order valence-electron chi connectivity index (χ1n) is 7.78. The van der Waals surface area contributed by atoms with Crippen LogP contribution in [0.2, 0.25) is 0 Å². The molecule has 0 radical (unpaired) electrons. The van der Waals surface area contributed by atoms with Gasteiger partial charge in [-0.1, -0.05) is 0 Å². The van der Waals surface area contributed by atoms with Crippen LogP contribution >= 0.6 is 0 Å². The van der Waals surface area contributed by atoms with Crippen LogP contribution in [0.1, 0.15) is 11.1 Å². The summed E-state index contributed by atoms with van der Waals surface area (Å²) in [5.41, 5.74) is 1.02. The van der Waals surface area contributed by atoms with Crippen LogP contribution in [0, 0.1) is 22.7 Å². The lowest BCUT2D eigenvalue weighted by Gasteiger charge is -2.10. The molecular weight excluding hydrogens is 332 g/mol. The van der Waals surface area contributed by atoms with E-state index >= 15 is 0 Å². The zero-order valence-corrected chi connectivity index (χ0v) is 14.6. The topological polar surface area (TPSA) is 84.5 Å². The van der Waals surface area contributed by atoms with Crippen LogP contribution in [0.3, 0.4) is 0 Å². The van der Waals surface area contributed by atoms with Crippen molar-refractivity contribution in [1.29, 1.82) is 10.5 Å². The highest BCUT2D eigenvalue weighted by molar-refractivity contribution is 5.47. The van der Waals surface area contributed by atoms with Crippen molar-refractivity contribution in [3.63, 3.8) is 0 Å². The number of hydrogen-bond acceptors (Lipinski definition) is 6. The molecule has 0 atom stereocenters. The van der Waals surface area contributed by atoms with E-state index in [0.29, 0.717) is 47.3 Å². The second kappa shape index (κ2) is 9.61. The zero-order chi connectivity index (χ0) is 18.8. The predicted molar refractivity (Wildman–Crippen MR) is 95.5 cm³/mol. The van der Waals surface area contributed by atoms with E-state index in [9.17, 15) is 0 Å². The van der Waals surface area contributed by atoms with Crippen molar-refractivity contribution in [1.82, 2.24) is 0 Å². The average Bonchev–Trinajstić information content (AvgIpc) is 2.70. The van der Waals surface area contributed by atoms with Gasteiger partial charge in [-0.15, -0.1) is 0 Å². The Morgan fingerprint density at radius 3 is 1.50 bits per heavy atom. The third kappa shape index (κ3) is 4.93. The van der Waals surface area contributed by atoms with Gasteiger partial charge in [0, 0.05) is 12.1 Å². The van der Waals surface area contributed by atoms with Gasteiger partial charge >= 0.3 is 0 Å². The highest BCUT2D eigenvalue weighted by atomic mass is 16.5. The molecule has 2 aromatic rings. The molecule has 0 unspecified atom stereocenters. The highest BCUT2D eigenvalue weighted by Gasteiger charge is 2.06. The lowest BCUT2D eigenvalue weighted by molar-refractivity contribution is 0.318. The van der Waals surface area contributed by atoms with E-state index in [0.717, 1.165) is 0 Å². The second-order valence-corrected chi connectivity index (χ2v) is 5.05. The van der Waals surface area contributed by atoms with E-state index in [1.54, 1.807) is 36.4 Å². The fraction of sp³-hybridized carbons (Fsp3) is 0.200. The minimum atomic E-state index is 0.329. The van der Waals surface area contributed by atoms with Gasteiger partial charge in [-0.2, -0.15) is 10.5 Å². The molecular formula is C20H18N2O4. The Labute approximate surface area is 152 Å². The van der Waals surface area contributed by atoms with Gasteiger partial charge in [0.2, 0.25) is 0 Å². The van der Waals surface area contributed by atoms with E-state index in [4.69, 9.17) is 29.5 Å². The van der Waals surface area contributed by atoms with Crippen LogP contribution in [-0.2, 0) is 0 Å². The summed E-state index contributed by atoms with van der Waals surface area (Å²) in [6.45, 7) is 0.659. The molecule has 0 aliphatic heterocycles. The van der Waals surface area contributed by atoms with Crippen molar-refractivity contribution < 1.29 is 18.9 Å².